The lowest BCUT2D eigenvalue weighted by molar-refractivity contribution is 0.414. The van der Waals surface area contributed by atoms with E-state index in [-0.39, 0.29) is 5.82 Å². The Bertz CT molecular complexity index is 881. The number of nitrogens with zero attached hydrogens (tertiary/aromatic N) is 2. The second kappa shape index (κ2) is 9.06. The number of methoxy groups -OCH3 is 2. The molecule has 1 aromatic heterocycles. The van der Waals surface area contributed by atoms with Gasteiger partial charge in [-0.2, -0.15) is 0 Å². The van der Waals surface area contributed by atoms with Crippen LogP contribution in [-0.2, 0) is 13.1 Å². The minimum atomic E-state index is -0.315. The van der Waals surface area contributed by atoms with Gasteiger partial charge >= 0.3 is 0 Å². The van der Waals surface area contributed by atoms with Crippen molar-refractivity contribution in [3.63, 3.8) is 0 Å². The van der Waals surface area contributed by atoms with Crippen LogP contribution in [0.5, 0.6) is 11.5 Å². The standard InChI is InChI=1S/C22H22BrFN2O2/c1-15-12-20(23)25-22(21(15)24)26(13-16-4-8-18(27-2)9-5-16)14-17-6-10-19(28-3)11-7-17/h4-12H,13-14H2,1-3H3. The van der Waals surface area contributed by atoms with E-state index >= 15 is 0 Å². The number of anilines is 1. The summed E-state index contributed by atoms with van der Waals surface area (Å²) in [5.74, 6) is 1.57. The van der Waals surface area contributed by atoms with E-state index in [4.69, 9.17) is 9.47 Å². The van der Waals surface area contributed by atoms with Crippen molar-refractivity contribution in [1.29, 1.82) is 0 Å². The van der Waals surface area contributed by atoms with Gasteiger partial charge in [-0.25, -0.2) is 9.37 Å². The SMILES string of the molecule is COc1ccc(CN(Cc2ccc(OC)cc2)c2nc(Br)cc(C)c2F)cc1. The van der Waals surface area contributed by atoms with E-state index in [1.165, 1.54) is 0 Å². The molecule has 0 radical (unpaired) electrons. The van der Waals surface area contributed by atoms with Gasteiger partial charge in [0.1, 0.15) is 16.1 Å². The third kappa shape index (κ3) is 4.81. The van der Waals surface area contributed by atoms with E-state index in [1.807, 2.05) is 53.4 Å². The molecule has 0 fully saturated rings. The summed E-state index contributed by atoms with van der Waals surface area (Å²) in [6, 6.07) is 17.2. The summed E-state index contributed by atoms with van der Waals surface area (Å²) in [5, 5.41) is 0. The third-order valence-electron chi connectivity index (χ3n) is 4.46. The first-order chi connectivity index (χ1) is 13.5. The van der Waals surface area contributed by atoms with Crippen LogP contribution >= 0.6 is 15.9 Å². The number of aryl methyl sites for hydroxylation is 1. The lowest BCUT2D eigenvalue weighted by Gasteiger charge is -2.25. The molecule has 0 amide bonds. The lowest BCUT2D eigenvalue weighted by atomic mass is 10.1. The number of pyridine rings is 1. The molecule has 0 aliphatic heterocycles. The zero-order valence-electron chi connectivity index (χ0n) is 16.1. The van der Waals surface area contributed by atoms with Crippen LogP contribution in [0.15, 0.2) is 59.2 Å². The van der Waals surface area contributed by atoms with E-state index in [0.29, 0.717) is 29.1 Å². The number of ether oxygens (including phenoxy) is 2. The average molecular weight is 445 g/mol. The molecule has 0 N–H and O–H groups in total. The Balaban J connectivity index is 1.94. The molecular formula is C22H22BrFN2O2. The Morgan fingerprint density at radius 1 is 0.893 bits per heavy atom. The second-order valence-electron chi connectivity index (χ2n) is 6.45. The predicted octanol–water partition coefficient (Wildman–Crippen LogP) is 5.52. The van der Waals surface area contributed by atoms with Crippen LogP contribution < -0.4 is 14.4 Å². The normalized spacial score (nSPS) is 10.6. The Morgan fingerprint density at radius 3 is 1.79 bits per heavy atom. The molecule has 4 nitrogen and oxygen atoms in total. The molecule has 6 heteroatoms. The summed E-state index contributed by atoms with van der Waals surface area (Å²) in [6.07, 6.45) is 0. The number of hydrogen-bond acceptors (Lipinski definition) is 4. The molecule has 0 saturated carbocycles. The predicted molar refractivity (Wildman–Crippen MR) is 113 cm³/mol. The molecule has 3 rings (SSSR count). The van der Waals surface area contributed by atoms with Crippen LogP contribution in [0.3, 0.4) is 0 Å². The highest BCUT2D eigenvalue weighted by molar-refractivity contribution is 9.10. The number of benzene rings is 2. The van der Waals surface area contributed by atoms with E-state index < -0.39 is 0 Å². The Kier molecular flexibility index (Phi) is 6.52. The number of aromatic nitrogens is 1. The molecular weight excluding hydrogens is 423 g/mol. The molecule has 2 aromatic carbocycles. The smallest absolute Gasteiger partial charge is 0.168 e. The van der Waals surface area contributed by atoms with E-state index in [0.717, 1.165) is 22.6 Å². The van der Waals surface area contributed by atoms with Crippen LogP contribution in [0.2, 0.25) is 0 Å². The summed E-state index contributed by atoms with van der Waals surface area (Å²) >= 11 is 3.39. The van der Waals surface area contributed by atoms with Gasteiger partial charge in [-0.3, -0.25) is 0 Å². The fourth-order valence-electron chi connectivity index (χ4n) is 2.92. The molecule has 0 bridgehead atoms. The number of halogens is 2. The van der Waals surface area contributed by atoms with Crippen molar-refractivity contribution in [3.8, 4) is 11.5 Å². The Labute approximate surface area is 173 Å². The minimum Gasteiger partial charge on any atom is -0.497 e. The van der Waals surface area contributed by atoms with E-state index in [1.54, 1.807) is 27.2 Å². The summed E-state index contributed by atoms with van der Waals surface area (Å²) in [7, 11) is 3.27. The molecule has 146 valence electrons. The molecule has 1 heterocycles. The van der Waals surface area contributed by atoms with Crippen LogP contribution in [0.4, 0.5) is 10.2 Å². The topological polar surface area (TPSA) is 34.6 Å². The van der Waals surface area contributed by atoms with E-state index in [9.17, 15) is 4.39 Å². The van der Waals surface area contributed by atoms with Crippen molar-refractivity contribution >= 4 is 21.7 Å². The third-order valence-corrected chi connectivity index (χ3v) is 4.86. The molecule has 3 aromatic rings. The van der Waals surface area contributed by atoms with Gasteiger partial charge in [-0.15, -0.1) is 0 Å². The van der Waals surface area contributed by atoms with Gasteiger partial charge in [0.2, 0.25) is 0 Å². The first-order valence-corrected chi connectivity index (χ1v) is 9.63. The van der Waals surface area contributed by atoms with Crippen molar-refractivity contribution in [2.45, 2.75) is 20.0 Å². The fraction of sp³-hybridized carbons (Fsp3) is 0.227. The lowest BCUT2D eigenvalue weighted by Crippen LogP contribution is -2.24. The Hall–Kier alpha value is -2.60. The molecule has 0 unspecified atom stereocenters. The van der Waals surface area contributed by atoms with Crippen LogP contribution in [0.1, 0.15) is 16.7 Å². The summed E-state index contributed by atoms with van der Waals surface area (Å²) < 4.78 is 26.0. The molecule has 0 atom stereocenters. The van der Waals surface area contributed by atoms with Gasteiger partial charge in [0.25, 0.3) is 0 Å². The monoisotopic (exact) mass is 444 g/mol. The maximum absolute atomic E-state index is 14.9. The summed E-state index contributed by atoms with van der Waals surface area (Å²) in [6.45, 7) is 2.76. The van der Waals surface area contributed by atoms with Crippen LogP contribution in [0, 0.1) is 12.7 Å². The molecule has 0 aliphatic carbocycles. The first kappa shape index (κ1) is 20.1. The van der Waals surface area contributed by atoms with Crippen LogP contribution in [0.25, 0.3) is 0 Å². The van der Waals surface area contributed by atoms with Gasteiger partial charge in [0.15, 0.2) is 11.6 Å². The highest BCUT2D eigenvalue weighted by Gasteiger charge is 2.18. The summed E-state index contributed by atoms with van der Waals surface area (Å²) in [4.78, 5) is 6.34. The fourth-order valence-corrected chi connectivity index (χ4v) is 3.43. The highest BCUT2D eigenvalue weighted by Crippen LogP contribution is 2.27. The van der Waals surface area contributed by atoms with Gasteiger partial charge in [0, 0.05) is 13.1 Å². The van der Waals surface area contributed by atoms with E-state index in [2.05, 4.69) is 20.9 Å². The largest absolute Gasteiger partial charge is 0.497 e. The quantitative estimate of drug-likeness (QED) is 0.449. The zero-order chi connectivity index (χ0) is 20.1. The van der Waals surface area contributed by atoms with Crippen molar-refractivity contribution in [2.75, 3.05) is 19.1 Å². The average Bonchev–Trinajstić information content (AvgIpc) is 2.71. The maximum atomic E-state index is 14.9. The van der Waals surface area contributed by atoms with Crippen molar-refractivity contribution in [1.82, 2.24) is 4.98 Å². The van der Waals surface area contributed by atoms with Crippen molar-refractivity contribution in [2.24, 2.45) is 0 Å². The molecule has 0 saturated heterocycles. The summed E-state index contributed by atoms with van der Waals surface area (Å²) in [5.41, 5.74) is 2.62. The zero-order valence-corrected chi connectivity index (χ0v) is 17.7. The van der Waals surface area contributed by atoms with Gasteiger partial charge in [-0.1, -0.05) is 24.3 Å². The van der Waals surface area contributed by atoms with Gasteiger partial charge < -0.3 is 14.4 Å². The highest BCUT2D eigenvalue weighted by atomic mass is 79.9. The maximum Gasteiger partial charge on any atom is 0.168 e. The number of rotatable bonds is 7. The van der Waals surface area contributed by atoms with Crippen LogP contribution in [-0.4, -0.2) is 19.2 Å². The number of hydrogen-bond donors (Lipinski definition) is 0. The minimum absolute atomic E-state index is 0.315. The Morgan fingerprint density at radius 2 is 1.36 bits per heavy atom. The van der Waals surface area contributed by atoms with Gasteiger partial charge in [-0.05, 0) is 69.9 Å². The molecule has 0 spiro atoms. The first-order valence-electron chi connectivity index (χ1n) is 8.83. The second-order valence-corrected chi connectivity index (χ2v) is 7.26. The molecule has 28 heavy (non-hydrogen) atoms. The van der Waals surface area contributed by atoms with Crippen molar-refractivity contribution < 1.29 is 13.9 Å². The van der Waals surface area contributed by atoms with Crippen molar-refractivity contribution in [3.05, 3.63) is 81.7 Å². The van der Waals surface area contributed by atoms with Gasteiger partial charge in [0.05, 0.1) is 14.2 Å². The molecule has 0 aliphatic rings.